The van der Waals surface area contributed by atoms with E-state index in [4.69, 9.17) is 9.47 Å². The first-order valence-electron chi connectivity index (χ1n) is 8.51. The molecule has 1 aromatic carbocycles. The van der Waals surface area contributed by atoms with Crippen LogP contribution < -0.4 is 4.74 Å². The van der Waals surface area contributed by atoms with E-state index in [0.717, 1.165) is 5.56 Å². The van der Waals surface area contributed by atoms with Gasteiger partial charge in [0.2, 0.25) is 0 Å². The topological polar surface area (TPSA) is 84.5 Å². The van der Waals surface area contributed by atoms with Crippen LogP contribution in [0.15, 0.2) is 30.5 Å². The zero-order valence-electron chi connectivity index (χ0n) is 15.8. The zero-order chi connectivity index (χ0) is 19.3. The summed E-state index contributed by atoms with van der Waals surface area (Å²) in [6, 6.07) is 7.27. The second-order valence-corrected chi connectivity index (χ2v) is 6.45. The minimum Gasteiger partial charge on any atom is -0.497 e. The number of hydrogen-bond acceptors (Lipinski definition) is 5. The Balaban J connectivity index is 2.09. The summed E-state index contributed by atoms with van der Waals surface area (Å²) < 4.78 is 10.4. The maximum absolute atomic E-state index is 12.4. The smallest absolute Gasteiger partial charge is 0.342 e. The molecule has 0 aliphatic rings. The van der Waals surface area contributed by atoms with Gasteiger partial charge in [-0.05, 0) is 52.0 Å². The standard InChI is InChI=1S/C19H25N3O4/c1-12(2)22(13(3)4)17(23)11-26-19(24)16-10-20-21-18(16)14-6-8-15(25-5)9-7-14/h6-10,12-13H,11H2,1-5H3,(H,20,21). The molecule has 0 fully saturated rings. The number of aromatic nitrogens is 2. The summed E-state index contributed by atoms with van der Waals surface area (Å²) in [6.45, 7) is 7.41. The molecule has 7 nitrogen and oxygen atoms in total. The monoisotopic (exact) mass is 359 g/mol. The molecular weight excluding hydrogens is 334 g/mol. The predicted octanol–water partition coefficient (Wildman–Crippen LogP) is 2.89. The van der Waals surface area contributed by atoms with Crippen LogP contribution in [0.5, 0.6) is 5.75 Å². The molecule has 1 N–H and O–H groups in total. The van der Waals surface area contributed by atoms with Gasteiger partial charge >= 0.3 is 5.97 Å². The summed E-state index contributed by atoms with van der Waals surface area (Å²) in [5.74, 6) is -0.103. The average molecular weight is 359 g/mol. The first-order chi connectivity index (χ1) is 12.3. The Labute approximate surface area is 153 Å². The van der Waals surface area contributed by atoms with Gasteiger partial charge in [-0.3, -0.25) is 9.89 Å². The fourth-order valence-corrected chi connectivity index (χ4v) is 2.87. The maximum atomic E-state index is 12.4. The number of nitrogens with zero attached hydrogens (tertiary/aromatic N) is 2. The van der Waals surface area contributed by atoms with Crippen LogP contribution in [0.1, 0.15) is 38.1 Å². The molecule has 26 heavy (non-hydrogen) atoms. The molecule has 1 amide bonds. The SMILES string of the molecule is COc1ccc(-c2[nH]ncc2C(=O)OCC(=O)N(C(C)C)C(C)C)cc1. The van der Waals surface area contributed by atoms with E-state index < -0.39 is 5.97 Å². The predicted molar refractivity (Wildman–Crippen MR) is 98.0 cm³/mol. The first kappa shape index (κ1) is 19.5. The number of aromatic amines is 1. The molecule has 1 aromatic heterocycles. The van der Waals surface area contributed by atoms with Gasteiger partial charge in [0, 0.05) is 17.6 Å². The van der Waals surface area contributed by atoms with E-state index in [2.05, 4.69) is 10.2 Å². The number of esters is 1. The fraction of sp³-hybridized carbons (Fsp3) is 0.421. The van der Waals surface area contributed by atoms with Crippen molar-refractivity contribution in [3.05, 3.63) is 36.0 Å². The summed E-state index contributed by atoms with van der Waals surface area (Å²) in [5.41, 5.74) is 1.59. The van der Waals surface area contributed by atoms with Gasteiger partial charge in [-0.15, -0.1) is 0 Å². The molecular formula is C19H25N3O4. The lowest BCUT2D eigenvalue weighted by atomic mass is 10.1. The number of ether oxygens (including phenoxy) is 2. The minimum atomic E-state index is -0.592. The molecule has 7 heteroatoms. The number of hydrogen-bond donors (Lipinski definition) is 1. The zero-order valence-corrected chi connectivity index (χ0v) is 15.8. The van der Waals surface area contributed by atoms with E-state index in [0.29, 0.717) is 11.4 Å². The van der Waals surface area contributed by atoms with Crippen molar-refractivity contribution in [2.45, 2.75) is 39.8 Å². The van der Waals surface area contributed by atoms with Crippen molar-refractivity contribution in [1.29, 1.82) is 0 Å². The van der Waals surface area contributed by atoms with Crippen LogP contribution >= 0.6 is 0 Å². The largest absolute Gasteiger partial charge is 0.497 e. The highest BCUT2D eigenvalue weighted by atomic mass is 16.5. The molecule has 0 saturated heterocycles. The Kier molecular flexibility index (Phi) is 6.38. The van der Waals surface area contributed by atoms with Gasteiger partial charge in [0.25, 0.3) is 5.91 Å². The van der Waals surface area contributed by atoms with Crippen molar-refractivity contribution >= 4 is 11.9 Å². The second-order valence-electron chi connectivity index (χ2n) is 6.45. The molecule has 0 unspecified atom stereocenters. The molecule has 0 aliphatic heterocycles. The Morgan fingerprint density at radius 1 is 1.12 bits per heavy atom. The van der Waals surface area contributed by atoms with Crippen LogP contribution in [-0.2, 0) is 9.53 Å². The van der Waals surface area contributed by atoms with E-state index in [1.807, 2.05) is 39.8 Å². The van der Waals surface area contributed by atoms with E-state index in [1.54, 1.807) is 24.1 Å². The number of rotatable bonds is 7. The minimum absolute atomic E-state index is 0.0324. The van der Waals surface area contributed by atoms with Crippen LogP contribution in [0.3, 0.4) is 0 Å². The van der Waals surface area contributed by atoms with E-state index in [-0.39, 0.29) is 30.2 Å². The highest BCUT2D eigenvalue weighted by Crippen LogP contribution is 2.24. The Bertz CT molecular complexity index is 742. The lowest BCUT2D eigenvalue weighted by Crippen LogP contribution is -2.44. The fourth-order valence-electron chi connectivity index (χ4n) is 2.87. The van der Waals surface area contributed by atoms with Crippen molar-refractivity contribution in [2.24, 2.45) is 0 Å². The van der Waals surface area contributed by atoms with Crippen molar-refractivity contribution in [1.82, 2.24) is 15.1 Å². The van der Waals surface area contributed by atoms with E-state index in [1.165, 1.54) is 6.20 Å². The van der Waals surface area contributed by atoms with Gasteiger partial charge in [0.05, 0.1) is 19.0 Å². The summed E-state index contributed by atoms with van der Waals surface area (Å²) >= 11 is 0. The molecule has 0 spiro atoms. The normalized spacial score (nSPS) is 10.9. The highest BCUT2D eigenvalue weighted by molar-refractivity contribution is 5.97. The van der Waals surface area contributed by atoms with Gasteiger partial charge in [-0.1, -0.05) is 0 Å². The lowest BCUT2D eigenvalue weighted by Gasteiger charge is -2.30. The summed E-state index contributed by atoms with van der Waals surface area (Å²) in [6.07, 6.45) is 1.40. The van der Waals surface area contributed by atoms with Gasteiger partial charge in [-0.2, -0.15) is 5.10 Å². The summed E-state index contributed by atoms with van der Waals surface area (Å²) in [5, 5.41) is 6.73. The van der Waals surface area contributed by atoms with Crippen LogP contribution in [0.25, 0.3) is 11.3 Å². The molecule has 0 radical (unpaired) electrons. The van der Waals surface area contributed by atoms with Crippen molar-refractivity contribution in [3.63, 3.8) is 0 Å². The van der Waals surface area contributed by atoms with Gasteiger partial charge in [-0.25, -0.2) is 4.79 Å². The maximum Gasteiger partial charge on any atom is 0.342 e. The summed E-state index contributed by atoms with van der Waals surface area (Å²) in [4.78, 5) is 26.4. The highest BCUT2D eigenvalue weighted by Gasteiger charge is 2.23. The number of carbonyl (C=O) groups is 2. The number of methoxy groups -OCH3 is 1. The van der Waals surface area contributed by atoms with Crippen molar-refractivity contribution in [3.8, 4) is 17.0 Å². The molecule has 1 heterocycles. The van der Waals surface area contributed by atoms with Crippen molar-refractivity contribution < 1.29 is 19.1 Å². The Hall–Kier alpha value is -2.83. The van der Waals surface area contributed by atoms with E-state index >= 15 is 0 Å². The van der Waals surface area contributed by atoms with Gasteiger partial charge in [0.15, 0.2) is 6.61 Å². The Morgan fingerprint density at radius 3 is 2.27 bits per heavy atom. The molecule has 2 rings (SSSR count). The van der Waals surface area contributed by atoms with Crippen LogP contribution in [0.4, 0.5) is 0 Å². The number of nitrogens with one attached hydrogen (secondary N) is 1. The van der Waals surface area contributed by atoms with Gasteiger partial charge in [0.1, 0.15) is 11.3 Å². The molecule has 0 saturated carbocycles. The molecule has 0 atom stereocenters. The Morgan fingerprint density at radius 2 is 1.73 bits per heavy atom. The second kappa shape index (κ2) is 8.51. The van der Waals surface area contributed by atoms with E-state index in [9.17, 15) is 9.59 Å². The molecule has 2 aromatic rings. The third-order valence-corrected chi connectivity index (χ3v) is 3.97. The molecule has 140 valence electrons. The quantitative estimate of drug-likeness (QED) is 0.769. The summed E-state index contributed by atoms with van der Waals surface area (Å²) in [7, 11) is 1.59. The van der Waals surface area contributed by atoms with Gasteiger partial charge < -0.3 is 14.4 Å². The third kappa shape index (κ3) is 4.41. The van der Waals surface area contributed by atoms with Crippen molar-refractivity contribution in [2.75, 3.05) is 13.7 Å². The molecule has 0 bridgehead atoms. The number of H-pyrrole nitrogens is 1. The average Bonchev–Trinajstić information content (AvgIpc) is 3.09. The number of carbonyl (C=O) groups excluding carboxylic acids is 2. The van der Waals surface area contributed by atoms with Crippen LogP contribution in [0, 0.1) is 0 Å². The number of amides is 1. The van der Waals surface area contributed by atoms with Crippen LogP contribution in [0.2, 0.25) is 0 Å². The third-order valence-electron chi connectivity index (χ3n) is 3.97. The lowest BCUT2D eigenvalue weighted by molar-refractivity contribution is -0.138. The first-order valence-corrected chi connectivity index (χ1v) is 8.51. The van der Waals surface area contributed by atoms with Crippen LogP contribution in [-0.4, -0.2) is 52.8 Å². The number of benzene rings is 1. The molecule has 0 aliphatic carbocycles.